The molecule has 5 heteroatoms. The van der Waals surface area contributed by atoms with Crippen molar-refractivity contribution in [3.05, 3.63) is 77.7 Å². The van der Waals surface area contributed by atoms with Gasteiger partial charge < -0.3 is 10.1 Å². The SMILES string of the molecule is COc1ccc(F)cc1-c1ccc(C(=O)Nc2ccc(C(C)C)cc2)cn1. The van der Waals surface area contributed by atoms with E-state index in [2.05, 4.69) is 24.1 Å². The second-order valence-electron chi connectivity index (χ2n) is 6.51. The molecule has 0 fully saturated rings. The molecule has 1 aromatic heterocycles. The van der Waals surface area contributed by atoms with Crippen LogP contribution in [-0.4, -0.2) is 18.0 Å². The zero-order chi connectivity index (χ0) is 19.4. The van der Waals surface area contributed by atoms with Crippen molar-refractivity contribution >= 4 is 11.6 Å². The molecule has 0 spiro atoms. The van der Waals surface area contributed by atoms with Gasteiger partial charge in [0.05, 0.1) is 18.4 Å². The molecular formula is C22H21FN2O2. The summed E-state index contributed by atoms with van der Waals surface area (Å²) in [6, 6.07) is 15.3. The van der Waals surface area contributed by atoms with E-state index in [0.717, 1.165) is 5.69 Å². The first kappa shape index (κ1) is 18.6. The van der Waals surface area contributed by atoms with Crippen molar-refractivity contribution in [2.75, 3.05) is 12.4 Å². The molecule has 0 aliphatic heterocycles. The van der Waals surface area contributed by atoms with Gasteiger partial charge in [0.15, 0.2) is 0 Å². The maximum absolute atomic E-state index is 13.5. The molecule has 0 radical (unpaired) electrons. The highest BCUT2D eigenvalue weighted by Crippen LogP contribution is 2.29. The second kappa shape index (κ2) is 7.99. The van der Waals surface area contributed by atoms with Crippen molar-refractivity contribution in [1.82, 2.24) is 4.98 Å². The standard InChI is InChI=1S/C22H21FN2O2/c1-14(2)15-4-8-18(9-5-15)25-22(26)16-6-10-20(24-13-16)19-12-17(23)7-11-21(19)27-3/h4-14H,1-3H3,(H,25,26). The number of carbonyl (C=O) groups is 1. The molecule has 138 valence electrons. The van der Waals surface area contributed by atoms with Crippen LogP contribution >= 0.6 is 0 Å². The number of benzene rings is 2. The van der Waals surface area contributed by atoms with Crippen LogP contribution in [0, 0.1) is 5.82 Å². The summed E-state index contributed by atoms with van der Waals surface area (Å²) < 4.78 is 18.8. The molecule has 0 bridgehead atoms. The first-order valence-corrected chi connectivity index (χ1v) is 8.69. The maximum Gasteiger partial charge on any atom is 0.257 e. The van der Waals surface area contributed by atoms with Crippen LogP contribution in [0.2, 0.25) is 0 Å². The highest BCUT2D eigenvalue weighted by molar-refractivity contribution is 6.04. The topological polar surface area (TPSA) is 51.2 Å². The molecule has 0 saturated heterocycles. The van der Waals surface area contributed by atoms with E-state index in [0.29, 0.717) is 28.5 Å². The number of hydrogen-bond donors (Lipinski definition) is 1. The number of methoxy groups -OCH3 is 1. The van der Waals surface area contributed by atoms with E-state index < -0.39 is 0 Å². The lowest BCUT2D eigenvalue weighted by Gasteiger charge is -2.10. The molecule has 3 rings (SSSR count). The van der Waals surface area contributed by atoms with E-state index in [1.165, 1.54) is 31.0 Å². The number of nitrogens with one attached hydrogen (secondary N) is 1. The predicted molar refractivity (Wildman–Crippen MR) is 105 cm³/mol. The molecule has 2 aromatic carbocycles. The summed E-state index contributed by atoms with van der Waals surface area (Å²) in [7, 11) is 1.52. The Morgan fingerprint density at radius 2 is 1.81 bits per heavy atom. The number of aromatic nitrogens is 1. The number of halogens is 1. The number of ether oxygens (including phenoxy) is 1. The summed E-state index contributed by atoms with van der Waals surface area (Å²) in [4.78, 5) is 16.7. The van der Waals surface area contributed by atoms with Gasteiger partial charge in [-0.1, -0.05) is 26.0 Å². The van der Waals surface area contributed by atoms with Gasteiger partial charge in [-0.3, -0.25) is 9.78 Å². The Morgan fingerprint density at radius 3 is 2.41 bits per heavy atom. The van der Waals surface area contributed by atoms with Crippen LogP contribution in [0.1, 0.15) is 35.7 Å². The van der Waals surface area contributed by atoms with Gasteiger partial charge in [0.2, 0.25) is 0 Å². The van der Waals surface area contributed by atoms with Crippen LogP contribution < -0.4 is 10.1 Å². The normalized spacial score (nSPS) is 10.7. The summed E-state index contributed by atoms with van der Waals surface area (Å²) >= 11 is 0. The first-order chi connectivity index (χ1) is 13.0. The van der Waals surface area contributed by atoms with Gasteiger partial charge in [0.25, 0.3) is 5.91 Å². The van der Waals surface area contributed by atoms with Crippen molar-refractivity contribution in [2.24, 2.45) is 0 Å². The molecular weight excluding hydrogens is 343 g/mol. The Hall–Kier alpha value is -3.21. The van der Waals surface area contributed by atoms with E-state index in [4.69, 9.17) is 4.74 Å². The predicted octanol–water partition coefficient (Wildman–Crippen LogP) is 5.27. The van der Waals surface area contributed by atoms with Gasteiger partial charge in [0, 0.05) is 17.4 Å². The average Bonchev–Trinajstić information content (AvgIpc) is 2.68. The minimum atomic E-state index is -0.376. The number of nitrogens with zero attached hydrogens (tertiary/aromatic N) is 1. The van der Waals surface area contributed by atoms with Gasteiger partial charge in [-0.2, -0.15) is 0 Å². The lowest BCUT2D eigenvalue weighted by Crippen LogP contribution is -2.12. The third-order valence-corrected chi connectivity index (χ3v) is 4.30. The number of anilines is 1. The monoisotopic (exact) mass is 364 g/mol. The zero-order valence-corrected chi connectivity index (χ0v) is 15.5. The lowest BCUT2D eigenvalue weighted by atomic mass is 10.0. The molecule has 1 N–H and O–H groups in total. The fraction of sp³-hybridized carbons (Fsp3) is 0.182. The molecule has 27 heavy (non-hydrogen) atoms. The Morgan fingerprint density at radius 1 is 1.07 bits per heavy atom. The van der Waals surface area contributed by atoms with Crippen molar-refractivity contribution in [1.29, 1.82) is 0 Å². The van der Waals surface area contributed by atoms with Crippen molar-refractivity contribution in [3.63, 3.8) is 0 Å². The van der Waals surface area contributed by atoms with Crippen molar-refractivity contribution in [3.8, 4) is 17.0 Å². The van der Waals surface area contributed by atoms with E-state index in [-0.39, 0.29) is 11.7 Å². The van der Waals surface area contributed by atoms with Crippen LogP contribution in [0.25, 0.3) is 11.3 Å². The fourth-order valence-corrected chi connectivity index (χ4v) is 2.72. The molecule has 1 amide bonds. The molecule has 1 heterocycles. The van der Waals surface area contributed by atoms with Crippen LogP contribution in [0.4, 0.5) is 10.1 Å². The minimum absolute atomic E-state index is 0.252. The van der Waals surface area contributed by atoms with Crippen LogP contribution in [0.15, 0.2) is 60.8 Å². The first-order valence-electron chi connectivity index (χ1n) is 8.69. The third kappa shape index (κ3) is 4.31. The number of carbonyl (C=O) groups excluding carboxylic acids is 1. The van der Waals surface area contributed by atoms with Gasteiger partial charge in [-0.15, -0.1) is 0 Å². The molecule has 0 atom stereocenters. The highest BCUT2D eigenvalue weighted by Gasteiger charge is 2.11. The van der Waals surface area contributed by atoms with Gasteiger partial charge >= 0.3 is 0 Å². The van der Waals surface area contributed by atoms with Crippen molar-refractivity contribution in [2.45, 2.75) is 19.8 Å². The number of amides is 1. The Labute approximate surface area is 158 Å². The van der Waals surface area contributed by atoms with E-state index in [1.54, 1.807) is 18.2 Å². The number of hydrogen-bond acceptors (Lipinski definition) is 3. The fourth-order valence-electron chi connectivity index (χ4n) is 2.72. The summed E-state index contributed by atoms with van der Waals surface area (Å²) in [5.74, 6) is 0.328. The number of pyridine rings is 1. The summed E-state index contributed by atoms with van der Waals surface area (Å²) in [6.07, 6.45) is 1.47. The highest BCUT2D eigenvalue weighted by atomic mass is 19.1. The number of rotatable bonds is 5. The van der Waals surface area contributed by atoms with Crippen LogP contribution in [-0.2, 0) is 0 Å². The minimum Gasteiger partial charge on any atom is -0.496 e. The summed E-state index contributed by atoms with van der Waals surface area (Å²) in [5.41, 5.74) is 3.42. The second-order valence-corrected chi connectivity index (χ2v) is 6.51. The largest absolute Gasteiger partial charge is 0.496 e. The maximum atomic E-state index is 13.5. The molecule has 3 aromatic rings. The summed E-state index contributed by atoms with van der Waals surface area (Å²) in [6.45, 7) is 4.24. The molecule has 0 unspecified atom stereocenters. The van der Waals surface area contributed by atoms with E-state index in [1.807, 2.05) is 24.3 Å². The Balaban J connectivity index is 1.77. The lowest BCUT2D eigenvalue weighted by molar-refractivity contribution is 0.102. The van der Waals surface area contributed by atoms with E-state index >= 15 is 0 Å². The summed E-state index contributed by atoms with van der Waals surface area (Å²) in [5, 5.41) is 2.85. The Kier molecular flexibility index (Phi) is 5.50. The molecule has 0 aliphatic carbocycles. The molecule has 0 saturated carbocycles. The average molecular weight is 364 g/mol. The molecule has 4 nitrogen and oxygen atoms in total. The van der Waals surface area contributed by atoms with Crippen molar-refractivity contribution < 1.29 is 13.9 Å². The van der Waals surface area contributed by atoms with Gasteiger partial charge in [-0.25, -0.2) is 4.39 Å². The molecule has 0 aliphatic rings. The van der Waals surface area contributed by atoms with E-state index in [9.17, 15) is 9.18 Å². The third-order valence-electron chi connectivity index (χ3n) is 4.30. The van der Waals surface area contributed by atoms with Crippen LogP contribution in [0.5, 0.6) is 5.75 Å². The Bertz CT molecular complexity index is 936. The zero-order valence-electron chi connectivity index (χ0n) is 15.5. The quantitative estimate of drug-likeness (QED) is 0.671. The van der Waals surface area contributed by atoms with Gasteiger partial charge in [-0.05, 0) is 53.9 Å². The smallest absolute Gasteiger partial charge is 0.257 e. The van der Waals surface area contributed by atoms with Gasteiger partial charge in [0.1, 0.15) is 11.6 Å². The van der Waals surface area contributed by atoms with Crippen LogP contribution in [0.3, 0.4) is 0 Å².